The Morgan fingerprint density at radius 2 is 2.35 bits per heavy atom. The maximum absolute atomic E-state index is 12.0. The first-order chi connectivity index (χ1) is 9.65. The number of amides is 1. The fourth-order valence-corrected chi connectivity index (χ4v) is 4.07. The van der Waals surface area contributed by atoms with Gasteiger partial charge in [0.1, 0.15) is 6.04 Å². The molecule has 3 rings (SSSR count). The molecule has 0 aromatic carbocycles. The molecule has 1 aliphatic carbocycles. The van der Waals surface area contributed by atoms with Crippen molar-refractivity contribution < 1.29 is 14.7 Å². The molecule has 2 N–H and O–H groups in total. The first-order valence-corrected chi connectivity index (χ1v) is 7.69. The molecular weight excluding hydrogens is 278 g/mol. The fraction of sp³-hybridized carbons (Fsp3) is 0.615. The van der Waals surface area contributed by atoms with Crippen LogP contribution in [0.15, 0.2) is 11.6 Å². The number of fused-ring (bicyclic) bond motifs is 1. The van der Waals surface area contributed by atoms with E-state index in [4.69, 9.17) is 0 Å². The monoisotopic (exact) mass is 295 g/mol. The van der Waals surface area contributed by atoms with Crippen molar-refractivity contribution in [1.29, 1.82) is 0 Å². The molecule has 1 saturated carbocycles. The van der Waals surface area contributed by atoms with E-state index in [1.54, 1.807) is 16.5 Å². The summed E-state index contributed by atoms with van der Waals surface area (Å²) in [4.78, 5) is 29.2. The topological polar surface area (TPSA) is 82.5 Å². The number of carboxylic acids is 1. The minimum Gasteiger partial charge on any atom is -0.480 e. The van der Waals surface area contributed by atoms with Crippen LogP contribution in [-0.4, -0.2) is 46.0 Å². The first-order valence-electron chi connectivity index (χ1n) is 6.81. The summed E-state index contributed by atoms with van der Waals surface area (Å²) in [5, 5.41) is 14.5. The van der Waals surface area contributed by atoms with E-state index in [1.165, 1.54) is 11.3 Å². The van der Waals surface area contributed by atoms with Gasteiger partial charge in [0, 0.05) is 18.1 Å². The summed E-state index contributed by atoms with van der Waals surface area (Å²) in [6, 6.07) is -0.510. The number of hydrogen-bond acceptors (Lipinski definition) is 5. The lowest BCUT2D eigenvalue weighted by atomic mass is 9.94. The number of thiazole rings is 1. The highest BCUT2D eigenvalue weighted by Gasteiger charge is 2.47. The summed E-state index contributed by atoms with van der Waals surface area (Å²) < 4.78 is 0. The van der Waals surface area contributed by atoms with Crippen molar-refractivity contribution >= 4 is 28.3 Å². The average molecular weight is 295 g/mol. The maximum atomic E-state index is 12.0. The maximum Gasteiger partial charge on any atom is 0.321 e. The fourth-order valence-electron chi connectivity index (χ4n) is 3.52. The van der Waals surface area contributed by atoms with E-state index in [2.05, 4.69) is 10.3 Å². The summed E-state index contributed by atoms with van der Waals surface area (Å²) in [5.74, 6) is -0.350. The zero-order valence-electron chi connectivity index (χ0n) is 11.0. The smallest absolute Gasteiger partial charge is 0.321 e. The van der Waals surface area contributed by atoms with Crippen LogP contribution < -0.4 is 5.32 Å². The van der Waals surface area contributed by atoms with Crippen LogP contribution in [0, 0.1) is 11.8 Å². The predicted molar refractivity (Wildman–Crippen MR) is 74.6 cm³/mol. The Morgan fingerprint density at radius 3 is 3.05 bits per heavy atom. The molecule has 20 heavy (non-hydrogen) atoms. The van der Waals surface area contributed by atoms with Crippen molar-refractivity contribution in [3.05, 3.63) is 11.6 Å². The number of carboxylic acid groups (broad SMARTS) is 1. The second kappa shape index (κ2) is 5.49. The van der Waals surface area contributed by atoms with Gasteiger partial charge in [-0.25, -0.2) is 4.98 Å². The van der Waals surface area contributed by atoms with E-state index in [0.29, 0.717) is 17.6 Å². The molecule has 0 bridgehead atoms. The molecule has 1 amide bonds. The molecule has 1 aromatic rings. The number of rotatable bonds is 4. The number of anilines is 1. The number of hydrogen-bond donors (Lipinski definition) is 2. The summed E-state index contributed by atoms with van der Waals surface area (Å²) in [6.07, 6.45) is 4.78. The Labute approximate surface area is 120 Å². The van der Waals surface area contributed by atoms with Gasteiger partial charge in [-0.2, -0.15) is 0 Å². The van der Waals surface area contributed by atoms with Crippen molar-refractivity contribution in [2.45, 2.75) is 25.3 Å². The molecule has 6 nitrogen and oxygen atoms in total. The minimum atomic E-state index is -0.804. The van der Waals surface area contributed by atoms with E-state index in [1.807, 2.05) is 0 Å². The SMILES string of the molecule is O=C(CN1CC2CCCC2C1C(=O)O)Nc1nccs1. The number of nitrogens with one attached hydrogen (secondary N) is 1. The third kappa shape index (κ3) is 2.55. The molecule has 2 heterocycles. The Hall–Kier alpha value is -1.47. The Kier molecular flexibility index (Phi) is 3.71. The normalized spacial score (nSPS) is 29.3. The first kappa shape index (κ1) is 13.5. The van der Waals surface area contributed by atoms with Gasteiger partial charge in [0.25, 0.3) is 0 Å². The molecule has 2 fully saturated rings. The van der Waals surface area contributed by atoms with Crippen LogP contribution in [0.3, 0.4) is 0 Å². The zero-order chi connectivity index (χ0) is 14.1. The molecule has 3 atom stereocenters. The molecule has 108 valence electrons. The number of aliphatic carboxylic acids is 1. The van der Waals surface area contributed by atoms with Gasteiger partial charge in [-0.1, -0.05) is 6.42 Å². The molecule has 3 unspecified atom stereocenters. The van der Waals surface area contributed by atoms with Gasteiger partial charge in [-0.15, -0.1) is 11.3 Å². The number of carbonyl (C=O) groups excluding carboxylic acids is 1. The van der Waals surface area contributed by atoms with E-state index < -0.39 is 12.0 Å². The van der Waals surface area contributed by atoms with Crippen LogP contribution in [0.1, 0.15) is 19.3 Å². The lowest BCUT2D eigenvalue weighted by Gasteiger charge is -2.23. The molecule has 7 heteroatoms. The molecule has 1 aromatic heterocycles. The highest BCUT2D eigenvalue weighted by atomic mass is 32.1. The quantitative estimate of drug-likeness (QED) is 0.874. The third-order valence-corrected chi connectivity index (χ3v) is 4.95. The Morgan fingerprint density at radius 1 is 1.50 bits per heavy atom. The van der Waals surface area contributed by atoms with Crippen molar-refractivity contribution in [2.75, 3.05) is 18.4 Å². The van der Waals surface area contributed by atoms with E-state index in [9.17, 15) is 14.7 Å². The van der Waals surface area contributed by atoms with E-state index in [-0.39, 0.29) is 18.4 Å². The minimum absolute atomic E-state index is 0.129. The number of nitrogens with zero attached hydrogens (tertiary/aromatic N) is 2. The number of likely N-dealkylation sites (tertiary alicyclic amines) is 1. The molecule has 1 saturated heterocycles. The number of carbonyl (C=O) groups is 2. The van der Waals surface area contributed by atoms with Crippen LogP contribution in [-0.2, 0) is 9.59 Å². The summed E-state index contributed by atoms with van der Waals surface area (Å²) >= 11 is 1.36. The molecule has 0 radical (unpaired) electrons. The van der Waals surface area contributed by atoms with Crippen molar-refractivity contribution in [1.82, 2.24) is 9.88 Å². The lowest BCUT2D eigenvalue weighted by Crippen LogP contribution is -2.43. The second-order valence-electron chi connectivity index (χ2n) is 5.45. The largest absolute Gasteiger partial charge is 0.480 e. The van der Waals surface area contributed by atoms with Gasteiger partial charge in [-0.05, 0) is 24.7 Å². The Balaban J connectivity index is 1.64. The van der Waals surface area contributed by atoms with Gasteiger partial charge < -0.3 is 10.4 Å². The van der Waals surface area contributed by atoms with E-state index >= 15 is 0 Å². The average Bonchev–Trinajstić information content (AvgIpc) is 3.04. The highest BCUT2D eigenvalue weighted by Crippen LogP contribution is 2.42. The van der Waals surface area contributed by atoms with Crippen LogP contribution in [0.5, 0.6) is 0 Å². The van der Waals surface area contributed by atoms with Gasteiger partial charge in [-0.3, -0.25) is 14.5 Å². The van der Waals surface area contributed by atoms with Crippen molar-refractivity contribution in [3.8, 4) is 0 Å². The molecule has 1 aliphatic heterocycles. The van der Waals surface area contributed by atoms with Gasteiger partial charge in [0.15, 0.2) is 5.13 Å². The molecule has 0 spiro atoms. The van der Waals surface area contributed by atoms with Crippen molar-refractivity contribution in [3.63, 3.8) is 0 Å². The standard InChI is InChI=1S/C13H17N3O3S/c17-10(15-13-14-4-5-20-13)7-16-6-8-2-1-3-9(8)11(16)12(18)19/h4-5,8-9,11H,1-3,6-7H2,(H,18,19)(H,14,15,17). The van der Waals surface area contributed by atoms with Gasteiger partial charge in [0.2, 0.25) is 5.91 Å². The summed E-state index contributed by atoms with van der Waals surface area (Å²) in [5.41, 5.74) is 0. The van der Waals surface area contributed by atoms with Gasteiger partial charge >= 0.3 is 5.97 Å². The lowest BCUT2D eigenvalue weighted by molar-refractivity contribution is -0.143. The predicted octanol–water partition coefficient (Wildman–Crippen LogP) is 1.27. The van der Waals surface area contributed by atoms with Crippen LogP contribution >= 0.6 is 11.3 Å². The second-order valence-corrected chi connectivity index (χ2v) is 6.35. The van der Waals surface area contributed by atoms with Crippen LogP contribution in [0.2, 0.25) is 0 Å². The van der Waals surface area contributed by atoms with Crippen LogP contribution in [0.25, 0.3) is 0 Å². The van der Waals surface area contributed by atoms with E-state index in [0.717, 1.165) is 19.3 Å². The molecule has 2 aliphatic rings. The Bertz CT molecular complexity index is 505. The van der Waals surface area contributed by atoms with Crippen molar-refractivity contribution in [2.24, 2.45) is 11.8 Å². The summed E-state index contributed by atoms with van der Waals surface area (Å²) in [7, 11) is 0. The third-order valence-electron chi connectivity index (χ3n) is 4.26. The summed E-state index contributed by atoms with van der Waals surface area (Å²) in [6.45, 7) is 0.844. The molecular formula is C13H17N3O3S. The van der Waals surface area contributed by atoms with Gasteiger partial charge in [0.05, 0.1) is 6.54 Å². The van der Waals surface area contributed by atoms with Crippen LogP contribution in [0.4, 0.5) is 5.13 Å². The number of aromatic nitrogens is 1. The highest BCUT2D eigenvalue weighted by molar-refractivity contribution is 7.13. The zero-order valence-corrected chi connectivity index (χ0v) is 11.8.